The molecule has 0 saturated carbocycles. The lowest BCUT2D eigenvalue weighted by Gasteiger charge is -2.34. The van der Waals surface area contributed by atoms with Gasteiger partial charge >= 0.3 is 0 Å². The number of ether oxygens (including phenoxy) is 1. The van der Waals surface area contributed by atoms with E-state index in [0.29, 0.717) is 10.9 Å². The molecule has 134 valence electrons. The van der Waals surface area contributed by atoms with Crippen molar-refractivity contribution >= 4 is 34.1 Å². The van der Waals surface area contributed by atoms with E-state index in [2.05, 4.69) is 29.0 Å². The summed E-state index contributed by atoms with van der Waals surface area (Å²) in [6.07, 6.45) is 0.494. The first kappa shape index (κ1) is 18.4. The molecular formula is C18H23N3O2S2. The molecule has 1 amide bonds. The first-order valence-electron chi connectivity index (χ1n) is 8.38. The minimum Gasteiger partial charge on any atom is -0.373 e. The van der Waals surface area contributed by atoms with Gasteiger partial charge in [0.05, 0.1) is 23.7 Å². The Morgan fingerprint density at radius 2 is 2.04 bits per heavy atom. The van der Waals surface area contributed by atoms with E-state index >= 15 is 0 Å². The molecule has 2 aromatic rings. The number of morpholine rings is 1. The number of thioether (sulfide) groups is 1. The van der Waals surface area contributed by atoms with Crippen molar-refractivity contribution in [3.63, 3.8) is 0 Å². The zero-order valence-corrected chi connectivity index (χ0v) is 16.1. The number of hydrogen-bond donors (Lipinski definition) is 1. The minimum absolute atomic E-state index is 0.0247. The summed E-state index contributed by atoms with van der Waals surface area (Å²) in [7, 11) is 0. The van der Waals surface area contributed by atoms with E-state index in [9.17, 15) is 4.79 Å². The molecule has 0 radical (unpaired) electrons. The van der Waals surface area contributed by atoms with Crippen LogP contribution < -0.4 is 5.32 Å². The fourth-order valence-corrected chi connectivity index (χ4v) is 4.34. The van der Waals surface area contributed by atoms with Crippen molar-refractivity contribution in [3.05, 3.63) is 41.4 Å². The highest BCUT2D eigenvalue weighted by atomic mass is 32.2. The lowest BCUT2D eigenvalue weighted by atomic mass is 10.2. The number of nitrogens with zero attached hydrogens (tertiary/aromatic N) is 2. The summed E-state index contributed by atoms with van der Waals surface area (Å²) < 4.78 is 5.76. The van der Waals surface area contributed by atoms with Crippen LogP contribution in [0.15, 0.2) is 40.6 Å². The van der Waals surface area contributed by atoms with Crippen LogP contribution >= 0.6 is 23.1 Å². The maximum atomic E-state index is 12.1. The van der Waals surface area contributed by atoms with E-state index in [0.717, 1.165) is 30.2 Å². The third-order valence-corrected chi connectivity index (χ3v) is 5.61. The number of carbonyl (C=O) groups excluding carboxylic acids is 1. The van der Waals surface area contributed by atoms with Crippen LogP contribution in [0.3, 0.4) is 0 Å². The predicted octanol–water partition coefficient (Wildman–Crippen LogP) is 3.48. The van der Waals surface area contributed by atoms with Gasteiger partial charge in [-0.2, -0.15) is 0 Å². The average Bonchev–Trinajstić information content (AvgIpc) is 3.00. The summed E-state index contributed by atoms with van der Waals surface area (Å²) in [5.74, 6) is 0.362. The predicted molar refractivity (Wildman–Crippen MR) is 103 cm³/mol. The van der Waals surface area contributed by atoms with Gasteiger partial charge in [-0.1, -0.05) is 18.2 Å². The molecule has 3 rings (SSSR count). The second-order valence-electron chi connectivity index (χ2n) is 6.25. The van der Waals surface area contributed by atoms with Gasteiger partial charge in [0.1, 0.15) is 0 Å². The van der Waals surface area contributed by atoms with Gasteiger partial charge in [0, 0.05) is 29.9 Å². The van der Waals surface area contributed by atoms with E-state index in [4.69, 9.17) is 4.74 Å². The Kier molecular flexibility index (Phi) is 6.47. The first-order chi connectivity index (χ1) is 12.1. The van der Waals surface area contributed by atoms with Crippen molar-refractivity contribution in [2.75, 3.05) is 24.2 Å². The van der Waals surface area contributed by atoms with Crippen LogP contribution in [0.2, 0.25) is 0 Å². The van der Waals surface area contributed by atoms with Gasteiger partial charge in [0.25, 0.3) is 0 Å². The summed E-state index contributed by atoms with van der Waals surface area (Å²) in [6.45, 7) is 6.82. The molecule has 1 aromatic carbocycles. The molecule has 1 aliphatic rings. The summed E-state index contributed by atoms with van der Waals surface area (Å²) in [6, 6.07) is 9.92. The van der Waals surface area contributed by atoms with Crippen molar-refractivity contribution in [1.29, 1.82) is 0 Å². The lowest BCUT2D eigenvalue weighted by Crippen LogP contribution is -2.44. The van der Waals surface area contributed by atoms with E-state index in [1.54, 1.807) is 0 Å². The molecule has 5 nitrogen and oxygen atoms in total. The Balaban J connectivity index is 1.47. The fourth-order valence-electron chi connectivity index (χ4n) is 2.90. The van der Waals surface area contributed by atoms with Crippen LogP contribution in [0, 0.1) is 0 Å². The largest absolute Gasteiger partial charge is 0.373 e. The van der Waals surface area contributed by atoms with Crippen LogP contribution in [-0.2, 0) is 16.1 Å². The quantitative estimate of drug-likeness (QED) is 0.781. The van der Waals surface area contributed by atoms with Crippen molar-refractivity contribution in [2.24, 2.45) is 0 Å². The number of rotatable bonds is 6. The van der Waals surface area contributed by atoms with Crippen LogP contribution in [-0.4, -0.2) is 46.8 Å². The Labute approximate surface area is 156 Å². The maximum absolute atomic E-state index is 12.1. The zero-order chi connectivity index (χ0) is 17.6. The van der Waals surface area contributed by atoms with Gasteiger partial charge in [0.2, 0.25) is 5.91 Å². The lowest BCUT2D eigenvalue weighted by molar-refractivity contribution is -0.113. The molecule has 2 atom stereocenters. The summed E-state index contributed by atoms with van der Waals surface area (Å²) in [5, 5.41) is 5.58. The monoisotopic (exact) mass is 377 g/mol. The van der Waals surface area contributed by atoms with Crippen molar-refractivity contribution in [1.82, 2.24) is 9.88 Å². The Morgan fingerprint density at radius 3 is 2.76 bits per heavy atom. The molecule has 7 heteroatoms. The van der Waals surface area contributed by atoms with Gasteiger partial charge in [-0.25, -0.2) is 4.98 Å². The molecule has 1 saturated heterocycles. The Morgan fingerprint density at radius 1 is 1.32 bits per heavy atom. The van der Waals surface area contributed by atoms with Gasteiger partial charge in [-0.05, 0) is 26.0 Å². The zero-order valence-electron chi connectivity index (χ0n) is 14.5. The molecule has 1 N–H and O–H groups in total. The maximum Gasteiger partial charge on any atom is 0.236 e. The van der Waals surface area contributed by atoms with Crippen LogP contribution in [0.1, 0.15) is 19.5 Å². The van der Waals surface area contributed by atoms with E-state index < -0.39 is 0 Å². The molecule has 1 aromatic heterocycles. The standard InChI is InChI=1S/C18H23N3O2S2/c1-13-8-21(9-14(2)23-13)10-15-11-25-18(19-15)20-17(22)12-24-16-6-4-3-5-7-16/h3-7,11,13-14H,8-10,12H2,1-2H3,(H,19,20,22). The smallest absolute Gasteiger partial charge is 0.236 e. The number of hydrogen-bond acceptors (Lipinski definition) is 6. The summed E-state index contributed by atoms with van der Waals surface area (Å²) in [4.78, 5) is 20.1. The topological polar surface area (TPSA) is 54.5 Å². The second kappa shape index (κ2) is 8.80. The second-order valence-corrected chi connectivity index (χ2v) is 8.15. The summed E-state index contributed by atoms with van der Waals surface area (Å²) >= 11 is 3.01. The number of anilines is 1. The van der Waals surface area contributed by atoms with Crippen LogP contribution in [0.25, 0.3) is 0 Å². The van der Waals surface area contributed by atoms with Gasteiger partial charge in [-0.3, -0.25) is 9.69 Å². The molecule has 1 fully saturated rings. The van der Waals surface area contributed by atoms with Crippen LogP contribution in [0.5, 0.6) is 0 Å². The Hall–Kier alpha value is -1.41. The number of benzene rings is 1. The van der Waals surface area contributed by atoms with E-state index in [1.165, 1.54) is 23.1 Å². The first-order valence-corrected chi connectivity index (χ1v) is 10.2. The highest BCUT2D eigenvalue weighted by Crippen LogP contribution is 2.21. The molecule has 0 bridgehead atoms. The number of aromatic nitrogens is 1. The molecule has 2 unspecified atom stereocenters. The number of nitrogens with one attached hydrogen (secondary N) is 1. The summed E-state index contributed by atoms with van der Waals surface area (Å²) in [5.41, 5.74) is 0.998. The molecule has 1 aliphatic heterocycles. The van der Waals surface area contributed by atoms with Crippen molar-refractivity contribution < 1.29 is 9.53 Å². The highest BCUT2D eigenvalue weighted by molar-refractivity contribution is 8.00. The third-order valence-electron chi connectivity index (χ3n) is 3.79. The molecule has 2 heterocycles. The van der Waals surface area contributed by atoms with Crippen molar-refractivity contribution in [3.8, 4) is 0 Å². The van der Waals surface area contributed by atoms with Gasteiger partial charge in [0.15, 0.2) is 5.13 Å². The third kappa shape index (κ3) is 5.81. The molecule has 0 aliphatic carbocycles. The normalized spacial score (nSPS) is 21.2. The van der Waals surface area contributed by atoms with Gasteiger partial charge < -0.3 is 10.1 Å². The molecule has 25 heavy (non-hydrogen) atoms. The van der Waals surface area contributed by atoms with Crippen molar-refractivity contribution in [2.45, 2.75) is 37.5 Å². The number of thiazole rings is 1. The number of amides is 1. The SMILES string of the molecule is CC1CN(Cc2csc(NC(=O)CSc3ccccc3)n2)CC(C)O1. The molecule has 0 spiro atoms. The minimum atomic E-state index is -0.0247. The fraction of sp³-hybridized carbons (Fsp3) is 0.444. The molecular weight excluding hydrogens is 354 g/mol. The van der Waals surface area contributed by atoms with E-state index in [-0.39, 0.29) is 18.1 Å². The van der Waals surface area contributed by atoms with E-state index in [1.807, 2.05) is 35.7 Å². The average molecular weight is 378 g/mol. The van der Waals surface area contributed by atoms with Gasteiger partial charge in [-0.15, -0.1) is 23.1 Å². The number of carbonyl (C=O) groups is 1. The Bertz CT molecular complexity index is 683. The van der Waals surface area contributed by atoms with Crippen LogP contribution in [0.4, 0.5) is 5.13 Å². The highest BCUT2D eigenvalue weighted by Gasteiger charge is 2.22.